The number of rotatable bonds is 13. The number of hydrogen-bond acceptors (Lipinski definition) is 7. The molecule has 2 aliphatic rings. The summed E-state index contributed by atoms with van der Waals surface area (Å²) in [5, 5.41) is 12.9. The molecule has 5 rings (SSSR count). The molecule has 1 amide bonds. The van der Waals surface area contributed by atoms with Crippen molar-refractivity contribution in [2.45, 2.75) is 37.3 Å². The van der Waals surface area contributed by atoms with Gasteiger partial charge in [-0.05, 0) is 59.7 Å². The molecule has 206 valence electrons. The number of carbonyl (C=O) groups excluding carboxylic acids is 1. The minimum absolute atomic E-state index is 0.0616. The molecular formula is C30H32N6O4. The highest BCUT2D eigenvalue weighted by atomic mass is 16.5. The first kappa shape index (κ1) is 27.2. The first-order valence-corrected chi connectivity index (χ1v) is 13.4. The minimum Gasteiger partial charge on any atom is -0.494 e. The predicted octanol–water partition coefficient (Wildman–Crippen LogP) is 4.92. The summed E-state index contributed by atoms with van der Waals surface area (Å²) in [7, 11) is 0. The second-order valence-electron chi connectivity index (χ2n) is 9.97. The molecule has 0 saturated heterocycles. The van der Waals surface area contributed by atoms with Gasteiger partial charge in [0.15, 0.2) is 11.6 Å². The Hall–Kier alpha value is -4.37. The molecule has 0 unspecified atom stereocenters. The van der Waals surface area contributed by atoms with E-state index in [0.717, 1.165) is 18.4 Å². The molecule has 2 atom stereocenters. The van der Waals surface area contributed by atoms with Gasteiger partial charge in [-0.1, -0.05) is 59.7 Å². The van der Waals surface area contributed by atoms with Crippen LogP contribution in [0.3, 0.4) is 0 Å². The number of nitrogens with one attached hydrogen (secondary N) is 2. The van der Waals surface area contributed by atoms with Crippen LogP contribution in [-0.4, -0.2) is 42.2 Å². The van der Waals surface area contributed by atoms with Crippen LogP contribution in [0, 0.1) is 5.92 Å². The zero-order chi connectivity index (χ0) is 27.8. The lowest BCUT2D eigenvalue weighted by Crippen LogP contribution is -2.54. The average Bonchev–Trinajstić information content (AvgIpc) is 3.73. The van der Waals surface area contributed by atoms with Crippen molar-refractivity contribution in [3.05, 3.63) is 106 Å². The van der Waals surface area contributed by atoms with E-state index in [-0.39, 0.29) is 18.9 Å². The molecule has 10 heteroatoms. The highest BCUT2D eigenvalue weighted by Crippen LogP contribution is 2.43. The number of carbonyl (C=O) groups is 1. The fourth-order valence-corrected chi connectivity index (χ4v) is 4.71. The highest BCUT2D eigenvalue weighted by molar-refractivity contribution is 6.01. The van der Waals surface area contributed by atoms with Gasteiger partial charge in [0.2, 0.25) is 5.90 Å². The molecular weight excluding hydrogens is 508 g/mol. The van der Waals surface area contributed by atoms with Crippen molar-refractivity contribution >= 4 is 17.5 Å². The maximum Gasteiger partial charge on any atom is 0.266 e. The Kier molecular flexibility index (Phi) is 8.61. The maximum absolute atomic E-state index is 14.1. The van der Waals surface area contributed by atoms with Gasteiger partial charge in [0, 0.05) is 42.2 Å². The molecule has 1 aliphatic heterocycles. The highest BCUT2D eigenvalue weighted by Gasteiger charge is 2.53. The lowest BCUT2D eigenvalue weighted by Gasteiger charge is -2.31. The number of aliphatic hydroxyl groups excluding tert-OH is 1. The third kappa shape index (κ3) is 6.26. The van der Waals surface area contributed by atoms with Gasteiger partial charge in [-0.15, -0.1) is 0 Å². The predicted molar refractivity (Wildman–Crippen MR) is 151 cm³/mol. The summed E-state index contributed by atoms with van der Waals surface area (Å²) < 4.78 is 12.2. The fourth-order valence-electron chi connectivity index (χ4n) is 4.71. The van der Waals surface area contributed by atoms with Gasteiger partial charge in [-0.3, -0.25) is 10.2 Å². The van der Waals surface area contributed by atoms with E-state index < -0.39 is 11.6 Å². The zero-order valence-electron chi connectivity index (χ0n) is 22.1. The summed E-state index contributed by atoms with van der Waals surface area (Å²) >= 11 is 0. The Balaban J connectivity index is 1.54. The molecule has 1 saturated carbocycles. The molecule has 0 spiro atoms. The van der Waals surface area contributed by atoms with E-state index in [2.05, 4.69) is 20.9 Å². The number of aliphatic hydroxyl groups is 1. The van der Waals surface area contributed by atoms with Crippen molar-refractivity contribution in [3.63, 3.8) is 0 Å². The quantitative estimate of drug-likeness (QED) is 0.0928. The smallest absolute Gasteiger partial charge is 0.266 e. The molecule has 3 aromatic rings. The van der Waals surface area contributed by atoms with E-state index in [1.807, 2.05) is 66.7 Å². The van der Waals surface area contributed by atoms with Gasteiger partial charge in [0.1, 0.15) is 5.75 Å². The molecule has 1 aliphatic carbocycles. The van der Waals surface area contributed by atoms with Gasteiger partial charge in [-0.25, -0.2) is 10.4 Å². The maximum atomic E-state index is 14.1. The van der Waals surface area contributed by atoms with Crippen LogP contribution in [0.15, 0.2) is 89.0 Å². The summed E-state index contributed by atoms with van der Waals surface area (Å²) in [6, 6.07) is 24.0. The van der Waals surface area contributed by atoms with E-state index in [1.54, 1.807) is 12.1 Å². The normalized spacial score (nSPS) is 19.7. The average molecular weight is 541 g/mol. The molecule has 1 fully saturated rings. The van der Waals surface area contributed by atoms with Crippen molar-refractivity contribution in [1.82, 2.24) is 10.9 Å². The Bertz CT molecular complexity index is 1390. The first-order valence-electron chi connectivity index (χ1n) is 13.4. The number of hydrogen-bond donors (Lipinski definition) is 3. The monoisotopic (exact) mass is 540 g/mol. The second-order valence-corrected chi connectivity index (χ2v) is 9.97. The van der Waals surface area contributed by atoms with Crippen molar-refractivity contribution in [3.8, 4) is 5.75 Å². The van der Waals surface area contributed by atoms with E-state index in [1.165, 1.54) is 0 Å². The Morgan fingerprint density at radius 2 is 1.85 bits per heavy atom. The van der Waals surface area contributed by atoms with E-state index in [9.17, 15) is 4.79 Å². The zero-order valence-corrected chi connectivity index (χ0v) is 22.1. The molecule has 1 heterocycles. The standard InChI is InChI=1S/C30H32N6O4/c31-36-34-26-10-5-4-9-24(26)19-30(29(38)35-32-20-21-11-12-21)27(22-7-2-1-3-8-22)40-28(33-30)23-13-15-25(16-14-23)39-18-6-17-37/h1-5,7-10,13-16,21,27,32,37H,6,11-12,17-20H2,(H,35,38)/t27-,30-/m0/s1. The third-order valence-electron chi connectivity index (χ3n) is 7.03. The van der Waals surface area contributed by atoms with Crippen molar-refractivity contribution < 1.29 is 19.4 Å². The Morgan fingerprint density at radius 3 is 2.58 bits per heavy atom. The van der Waals surface area contributed by atoms with Crippen molar-refractivity contribution in [2.24, 2.45) is 16.0 Å². The van der Waals surface area contributed by atoms with E-state index in [4.69, 9.17) is 25.1 Å². The van der Waals surface area contributed by atoms with Gasteiger partial charge in [-0.2, -0.15) is 0 Å². The third-order valence-corrected chi connectivity index (χ3v) is 7.03. The summed E-state index contributed by atoms with van der Waals surface area (Å²) in [5.41, 5.74) is 16.4. The van der Waals surface area contributed by atoms with Crippen molar-refractivity contribution in [1.29, 1.82) is 0 Å². The van der Waals surface area contributed by atoms with Crippen LogP contribution < -0.4 is 15.6 Å². The van der Waals surface area contributed by atoms with Crippen molar-refractivity contribution in [2.75, 3.05) is 19.8 Å². The largest absolute Gasteiger partial charge is 0.494 e. The Morgan fingerprint density at radius 1 is 1.10 bits per heavy atom. The van der Waals surface area contributed by atoms with Crippen LogP contribution in [0.25, 0.3) is 10.4 Å². The van der Waals surface area contributed by atoms with Crippen LogP contribution in [0.4, 0.5) is 5.69 Å². The minimum atomic E-state index is -1.40. The summed E-state index contributed by atoms with van der Waals surface area (Å²) in [6.07, 6.45) is 2.23. The molecule has 3 N–H and O–H groups in total. The summed E-state index contributed by atoms with van der Waals surface area (Å²) in [5.74, 6) is 1.21. The fraction of sp³-hybridized carbons (Fsp3) is 0.333. The topological polar surface area (TPSA) is 141 Å². The van der Waals surface area contributed by atoms with Gasteiger partial charge >= 0.3 is 0 Å². The van der Waals surface area contributed by atoms with Crippen LogP contribution in [0.1, 0.15) is 42.1 Å². The summed E-state index contributed by atoms with van der Waals surface area (Å²) in [4.78, 5) is 22.1. The van der Waals surface area contributed by atoms with Crippen LogP contribution in [-0.2, 0) is 16.0 Å². The number of nitrogens with zero attached hydrogens (tertiary/aromatic N) is 4. The molecule has 0 bridgehead atoms. The first-order chi connectivity index (χ1) is 19.6. The van der Waals surface area contributed by atoms with E-state index >= 15 is 0 Å². The molecule has 0 aromatic heterocycles. The van der Waals surface area contributed by atoms with E-state index in [0.29, 0.717) is 54.0 Å². The lowest BCUT2D eigenvalue weighted by molar-refractivity contribution is -0.130. The lowest BCUT2D eigenvalue weighted by atomic mass is 9.81. The van der Waals surface area contributed by atoms with Gasteiger partial charge in [0.25, 0.3) is 5.91 Å². The molecule has 0 radical (unpaired) electrons. The van der Waals surface area contributed by atoms with Gasteiger partial charge in [0.05, 0.1) is 6.61 Å². The number of aliphatic imine (C=N–C) groups is 1. The number of ether oxygens (including phenoxy) is 2. The summed E-state index contributed by atoms with van der Waals surface area (Å²) in [6.45, 7) is 1.15. The number of hydrazine groups is 1. The van der Waals surface area contributed by atoms with Crippen LogP contribution in [0.5, 0.6) is 5.75 Å². The second kappa shape index (κ2) is 12.7. The molecule has 3 aromatic carbocycles. The number of azide groups is 1. The van der Waals surface area contributed by atoms with Gasteiger partial charge < -0.3 is 14.6 Å². The molecule has 40 heavy (non-hydrogen) atoms. The Labute approximate surface area is 232 Å². The number of benzene rings is 3. The number of amides is 1. The molecule has 10 nitrogen and oxygen atoms in total. The SMILES string of the molecule is [N-]=[N+]=Nc1ccccc1C[C@]1(C(=O)NNCC2CC2)N=C(c2ccc(OCCCO)cc2)O[C@H]1c1ccccc1. The van der Waals surface area contributed by atoms with Crippen LogP contribution in [0.2, 0.25) is 0 Å². The van der Waals surface area contributed by atoms with Crippen LogP contribution >= 0.6 is 0 Å².